The van der Waals surface area contributed by atoms with Gasteiger partial charge in [0.2, 0.25) is 10.0 Å². The summed E-state index contributed by atoms with van der Waals surface area (Å²) < 4.78 is 64.8. The summed E-state index contributed by atoms with van der Waals surface area (Å²) >= 11 is 0. The molecule has 0 amide bonds. The van der Waals surface area contributed by atoms with E-state index in [0.717, 1.165) is 21.7 Å². The Bertz CT molecular complexity index is 812. The number of hydrogen-bond donors (Lipinski definition) is 0. The second-order valence-corrected chi connectivity index (χ2v) is 8.73. The normalized spacial score (nSPS) is 21.0. The molecule has 1 aliphatic rings. The van der Waals surface area contributed by atoms with Gasteiger partial charge in [0.05, 0.1) is 12.7 Å². The summed E-state index contributed by atoms with van der Waals surface area (Å²) in [6.45, 7) is 0.000602. The Morgan fingerprint density at radius 3 is 1.85 bits per heavy atom. The van der Waals surface area contributed by atoms with Crippen LogP contribution in [-0.4, -0.2) is 37.7 Å². The lowest BCUT2D eigenvalue weighted by molar-refractivity contribution is -0.142. The van der Waals surface area contributed by atoms with E-state index < -0.39 is 34.1 Å². The fourth-order valence-electron chi connectivity index (χ4n) is 3.89. The topological polar surface area (TPSA) is 37.4 Å². The molecule has 2 aromatic carbocycles. The van der Waals surface area contributed by atoms with Gasteiger partial charge in [-0.1, -0.05) is 60.7 Å². The van der Waals surface area contributed by atoms with Crippen molar-refractivity contribution in [1.29, 1.82) is 0 Å². The molecule has 1 heterocycles. The second kappa shape index (κ2) is 6.70. The van der Waals surface area contributed by atoms with Crippen LogP contribution in [-0.2, 0) is 15.4 Å². The van der Waals surface area contributed by atoms with Crippen molar-refractivity contribution in [1.82, 2.24) is 4.31 Å². The zero-order valence-electron chi connectivity index (χ0n) is 14.3. The van der Waals surface area contributed by atoms with E-state index in [1.165, 1.54) is 0 Å². The first kappa shape index (κ1) is 18.9. The number of sulfonamides is 1. The van der Waals surface area contributed by atoms with Crippen molar-refractivity contribution in [2.24, 2.45) is 0 Å². The van der Waals surface area contributed by atoms with E-state index in [4.69, 9.17) is 0 Å². The highest BCUT2D eigenvalue weighted by Gasteiger charge is 2.52. The zero-order chi connectivity index (χ0) is 19.0. The predicted octanol–water partition coefficient (Wildman–Crippen LogP) is 3.96. The smallest absolute Gasteiger partial charge is 0.212 e. The van der Waals surface area contributed by atoms with Gasteiger partial charge in [-0.3, -0.25) is 0 Å². The largest absolute Gasteiger partial charge is 0.390 e. The lowest BCUT2D eigenvalue weighted by Crippen LogP contribution is -2.38. The van der Waals surface area contributed by atoms with Gasteiger partial charge in [0.25, 0.3) is 0 Å². The van der Waals surface area contributed by atoms with E-state index in [2.05, 4.69) is 0 Å². The van der Waals surface area contributed by atoms with Gasteiger partial charge in [0, 0.05) is 18.0 Å². The van der Waals surface area contributed by atoms with Gasteiger partial charge in [-0.15, -0.1) is 0 Å². The molecular weight excluding hydrogens is 363 g/mol. The third-order valence-corrected chi connectivity index (χ3v) is 6.24. The molecule has 0 saturated carbocycles. The number of benzene rings is 2. The summed E-state index contributed by atoms with van der Waals surface area (Å²) in [7, 11) is -3.78. The summed E-state index contributed by atoms with van der Waals surface area (Å²) in [5.74, 6) is 0. The monoisotopic (exact) mass is 383 g/mol. The van der Waals surface area contributed by atoms with E-state index in [1.54, 1.807) is 0 Å². The molecule has 26 heavy (non-hydrogen) atoms. The Morgan fingerprint density at radius 1 is 1.00 bits per heavy atom. The molecule has 1 saturated heterocycles. The molecule has 1 atom stereocenters. The van der Waals surface area contributed by atoms with Crippen LogP contribution in [0.5, 0.6) is 0 Å². The van der Waals surface area contributed by atoms with Crippen molar-refractivity contribution in [3.05, 3.63) is 71.8 Å². The van der Waals surface area contributed by atoms with Crippen molar-refractivity contribution < 1.29 is 21.6 Å². The van der Waals surface area contributed by atoms with Crippen LogP contribution in [0.4, 0.5) is 13.2 Å². The molecule has 2 aromatic rings. The van der Waals surface area contributed by atoms with E-state index in [0.29, 0.717) is 0 Å². The van der Waals surface area contributed by atoms with Crippen LogP contribution in [0.2, 0.25) is 0 Å². The van der Waals surface area contributed by atoms with Crippen molar-refractivity contribution in [2.45, 2.75) is 30.5 Å². The quantitative estimate of drug-likeness (QED) is 0.802. The molecule has 0 aliphatic carbocycles. The first-order valence-corrected chi connectivity index (χ1v) is 10.1. The van der Waals surface area contributed by atoms with E-state index in [9.17, 15) is 21.6 Å². The summed E-state index contributed by atoms with van der Waals surface area (Å²) in [5, 5.41) is 0. The minimum atomic E-state index is -4.43. The van der Waals surface area contributed by atoms with Crippen LogP contribution in [0.3, 0.4) is 0 Å². The summed E-state index contributed by atoms with van der Waals surface area (Å²) in [6.07, 6.45) is -4.52. The molecule has 140 valence electrons. The van der Waals surface area contributed by atoms with E-state index in [-0.39, 0.29) is 13.0 Å². The fraction of sp³-hybridized carbons (Fsp3) is 0.368. The minimum absolute atomic E-state index is 0.000602. The Labute approximate surface area is 151 Å². The molecule has 3 nitrogen and oxygen atoms in total. The number of nitrogens with zero attached hydrogens (tertiary/aromatic N) is 1. The SMILES string of the molecule is CS(=O)(=O)N1CC(c2ccccc2)(c2ccccc2)CC1CC(F)(F)F. The van der Waals surface area contributed by atoms with E-state index >= 15 is 0 Å². The van der Waals surface area contributed by atoms with Crippen LogP contribution in [0, 0.1) is 0 Å². The Morgan fingerprint density at radius 2 is 1.46 bits per heavy atom. The molecule has 0 spiro atoms. The number of hydrogen-bond acceptors (Lipinski definition) is 2. The van der Waals surface area contributed by atoms with Crippen molar-refractivity contribution >= 4 is 10.0 Å². The average molecular weight is 383 g/mol. The lowest BCUT2D eigenvalue weighted by atomic mass is 9.72. The maximum absolute atomic E-state index is 13.1. The summed E-state index contributed by atoms with van der Waals surface area (Å²) in [6, 6.07) is 17.2. The Kier molecular flexibility index (Phi) is 4.88. The van der Waals surface area contributed by atoms with Crippen LogP contribution in [0.15, 0.2) is 60.7 Å². The van der Waals surface area contributed by atoms with Crippen molar-refractivity contribution in [3.8, 4) is 0 Å². The Hall–Kier alpha value is -1.86. The molecule has 3 rings (SSSR count). The van der Waals surface area contributed by atoms with Crippen LogP contribution in [0.1, 0.15) is 24.0 Å². The molecule has 0 aromatic heterocycles. The third-order valence-electron chi connectivity index (χ3n) is 4.96. The van der Waals surface area contributed by atoms with Crippen LogP contribution in [0.25, 0.3) is 0 Å². The van der Waals surface area contributed by atoms with Gasteiger partial charge in [-0.25, -0.2) is 8.42 Å². The molecule has 7 heteroatoms. The molecular formula is C19H20F3NO2S. The third kappa shape index (κ3) is 3.78. The molecule has 1 unspecified atom stereocenters. The van der Waals surface area contributed by atoms with Crippen molar-refractivity contribution in [3.63, 3.8) is 0 Å². The second-order valence-electron chi connectivity index (χ2n) is 6.80. The zero-order valence-corrected chi connectivity index (χ0v) is 15.1. The first-order chi connectivity index (χ1) is 12.1. The maximum Gasteiger partial charge on any atom is 0.390 e. The van der Waals surface area contributed by atoms with Gasteiger partial charge in [0.15, 0.2) is 0 Å². The van der Waals surface area contributed by atoms with Crippen LogP contribution < -0.4 is 0 Å². The number of rotatable bonds is 4. The highest BCUT2D eigenvalue weighted by molar-refractivity contribution is 7.88. The average Bonchev–Trinajstić information content (AvgIpc) is 2.95. The predicted molar refractivity (Wildman–Crippen MR) is 94.3 cm³/mol. The summed E-state index contributed by atoms with van der Waals surface area (Å²) in [5.41, 5.74) is 0.843. The number of alkyl halides is 3. The minimum Gasteiger partial charge on any atom is -0.212 e. The first-order valence-electron chi connectivity index (χ1n) is 8.26. The van der Waals surface area contributed by atoms with Gasteiger partial charge < -0.3 is 0 Å². The molecule has 1 fully saturated rings. The fourth-order valence-corrected chi connectivity index (χ4v) is 5.04. The Balaban J connectivity index is 2.14. The van der Waals surface area contributed by atoms with Crippen LogP contribution >= 0.6 is 0 Å². The van der Waals surface area contributed by atoms with E-state index in [1.807, 2.05) is 60.7 Å². The van der Waals surface area contributed by atoms with Gasteiger partial charge in [-0.05, 0) is 17.5 Å². The highest BCUT2D eigenvalue weighted by Crippen LogP contribution is 2.46. The molecule has 0 N–H and O–H groups in total. The molecule has 0 bridgehead atoms. The molecule has 1 aliphatic heterocycles. The van der Waals surface area contributed by atoms with Gasteiger partial charge >= 0.3 is 6.18 Å². The van der Waals surface area contributed by atoms with Gasteiger partial charge in [-0.2, -0.15) is 17.5 Å². The van der Waals surface area contributed by atoms with Gasteiger partial charge in [0.1, 0.15) is 0 Å². The lowest BCUT2D eigenvalue weighted by Gasteiger charge is -2.30. The summed E-state index contributed by atoms with van der Waals surface area (Å²) in [4.78, 5) is 0. The standard InChI is InChI=1S/C19H20F3NO2S/c1-26(24,25)23-14-18(15-8-4-2-5-9-15,16-10-6-3-7-11-16)12-17(23)13-19(20,21)22/h2-11,17H,12-14H2,1H3. The highest BCUT2D eigenvalue weighted by atomic mass is 32.2. The molecule has 0 radical (unpaired) electrons. The van der Waals surface area contributed by atoms with Crippen molar-refractivity contribution in [2.75, 3.05) is 12.8 Å². The number of halogens is 3. The maximum atomic E-state index is 13.1.